The first-order valence-electron chi connectivity index (χ1n) is 8.86. The molecule has 0 unspecified atom stereocenters. The van der Waals surface area contributed by atoms with Gasteiger partial charge in [0.15, 0.2) is 29.1 Å². The van der Waals surface area contributed by atoms with Crippen LogP contribution in [0.1, 0.15) is 33.3 Å². The molecule has 0 N–H and O–H groups in total. The van der Waals surface area contributed by atoms with E-state index in [4.69, 9.17) is 0 Å². The Bertz CT molecular complexity index is 1350. The first-order valence-corrected chi connectivity index (χ1v) is 8.86. The van der Waals surface area contributed by atoms with Crippen LogP contribution in [0.4, 0.5) is 22.0 Å². The van der Waals surface area contributed by atoms with Crippen LogP contribution in [0.2, 0.25) is 0 Å². The monoisotopic (exact) mass is 430 g/mol. The molecule has 4 nitrogen and oxygen atoms in total. The summed E-state index contributed by atoms with van der Waals surface area (Å²) < 4.78 is 69.9. The quantitative estimate of drug-likeness (QED) is 0.195. The molecule has 2 heterocycles. The third-order valence-corrected chi connectivity index (χ3v) is 4.78. The molecule has 31 heavy (non-hydrogen) atoms. The van der Waals surface area contributed by atoms with Gasteiger partial charge in [-0.15, -0.1) is 0 Å². The maximum Gasteiger partial charge on any atom is 0.215 e. The van der Waals surface area contributed by atoms with Crippen LogP contribution >= 0.6 is 0 Å². The van der Waals surface area contributed by atoms with E-state index in [0.29, 0.717) is 11.3 Å². The van der Waals surface area contributed by atoms with Crippen LogP contribution < -0.4 is 0 Å². The Labute approximate surface area is 171 Å². The number of hydrogen-bond donors (Lipinski definition) is 0. The molecule has 4 aromatic rings. The number of rotatable bonds is 4. The van der Waals surface area contributed by atoms with Gasteiger partial charge in [0.05, 0.1) is 16.9 Å². The first kappa shape index (κ1) is 20.4. The number of aromatic nitrogens is 2. The Morgan fingerprint density at radius 1 is 0.839 bits per heavy atom. The van der Waals surface area contributed by atoms with E-state index < -0.39 is 51.9 Å². The summed E-state index contributed by atoms with van der Waals surface area (Å²) in [6.07, 6.45) is 1.14. The number of ketones is 2. The molecule has 0 aliphatic rings. The summed E-state index contributed by atoms with van der Waals surface area (Å²) in [6.45, 7) is 1.21. The number of nitrogens with zero attached hydrogens (tertiary/aromatic N) is 2. The van der Waals surface area contributed by atoms with E-state index in [9.17, 15) is 31.5 Å². The van der Waals surface area contributed by atoms with Crippen molar-refractivity contribution in [2.75, 3.05) is 0 Å². The van der Waals surface area contributed by atoms with Gasteiger partial charge in [0.2, 0.25) is 11.6 Å². The largest absolute Gasteiger partial charge is 0.296 e. The molecule has 2 aromatic heterocycles. The summed E-state index contributed by atoms with van der Waals surface area (Å²) in [5.41, 5.74) is -0.730. The smallest absolute Gasteiger partial charge is 0.215 e. The lowest BCUT2D eigenvalue weighted by Gasteiger charge is -2.08. The van der Waals surface area contributed by atoms with Crippen molar-refractivity contribution in [1.82, 2.24) is 9.38 Å². The van der Waals surface area contributed by atoms with Crippen molar-refractivity contribution >= 4 is 17.1 Å². The maximum atomic E-state index is 14.2. The van der Waals surface area contributed by atoms with Crippen LogP contribution in [-0.2, 0) is 0 Å². The highest BCUT2D eigenvalue weighted by atomic mass is 19.2. The zero-order valence-electron chi connectivity index (χ0n) is 15.7. The van der Waals surface area contributed by atoms with Crippen molar-refractivity contribution in [1.29, 1.82) is 0 Å². The van der Waals surface area contributed by atoms with Gasteiger partial charge in [-0.25, -0.2) is 26.9 Å². The molecule has 4 rings (SSSR count). The number of benzene rings is 2. The zero-order chi connectivity index (χ0) is 22.4. The molecule has 0 aliphatic carbocycles. The van der Waals surface area contributed by atoms with Crippen molar-refractivity contribution in [3.8, 4) is 11.3 Å². The normalized spacial score (nSPS) is 11.2. The van der Waals surface area contributed by atoms with Gasteiger partial charge >= 0.3 is 0 Å². The number of Topliss-reactive ketones (excluding diaryl/α,β-unsaturated/α-hetero) is 1. The van der Waals surface area contributed by atoms with Gasteiger partial charge in [-0.3, -0.25) is 14.0 Å². The second kappa shape index (κ2) is 7.42. The minimum atomic E-state index is -2.37. The van der Waals surface area contributed by atoms with Crippen LogP contribution in [0.5, 0.6) is 0 Å². The molecule has 0 spiro atoms. The average Bonchev–Trinajstić information content (AvgIpc) is 3.16. The standard InChI is InChI=1S/C22H11F5N2O2/c1-10(30)12-7-15(22(31)16-17(23)19(25)21(27)20(26)18(16)24)29-9-28-13(8-14(12)29)11-5-3-2-4-6-11/h2-9H,1H3. The van der Waals surface area contributed by atoms with Crippen LogP contribution in [-0.4, -0.2) is 21.0 Å². The number of halogens is 5. The lowest BCUT2D eigenvalue weighted by atomic mass is 10.0. The molecule has 0 aliphatic heterocycles. The topological polar surface area (TPSA) is 51.4 Å². The Morgan fingerprint density at radius 2 is 1.42 bits per heavy atom. The van der Waals surface area contributed by atoms with Crippen molar-refractivity contribution < 1.29 is 31.5 Å². The fourth-order valence-electron chi connectivity index (χ4n) is 3.25. The molecule has 0 radical (unpaired) electrons. The Balaban J connectivity index is 1.96. The predicted molar refractivity (Wildman–Crippen MR) is 100 cm³/mol. The summed E-state index contributed by atoms with van der Waals surface area (Å²) in [5.74, 6) is -13.3. The van der Waals surface area contributed by atoms with Gasteiger partial charge in [-0.1, -0.05) is 30.3 Å². The predicted octanol–water partition coefficient (Wildman–Crippen LogP) is 5.13. The van der Waals surface area contributed by atoms with E-state index in [-0.39, 0.29) is 11.1 Å². The number of carbonyl (C=O) groups is 2. The zero-order valence-corrected chi connectivity index (χ0v) is 15.7. The van der Waals surface area contributed by atoms with Crippen molar-refractivity contribution in [3.05, 3.63) is 94.7 Å². The highest BCUT2D eigenvalue weighted by Crippen LogP contribution is 2.28. The minimum absolute atomic E-state index is 0.0202. The summed E-state index contributed by atoms with van der Waals surface area (Å²) >= 11 is 0. The Morgan fingerprint density at radius 3 is 2.00 bits per heavy atom. The second-order valence-corrected chi connectivity index (χ2v) is 6.67. The lowest BCUT2D eigenvalue weighted by Crippen LogP contribution is -2.15. The minimum Gasteiger partial charge on any atom is -0.296 e. The average molecular weight is 430 g/mol. The molecule has 0 fully saturated rings. The number of hydrogen-bond acceptors (Lipinski definition) is 3. The summed E-state index contributed by atoms with van der Waals surface area (Å²) in [6, 6.07) is 11.4. The fraction of sp³-hybridized carbons (Fsp3) is 0.0455. The third-order valence-electron chi connectivity index (χ3n) is 4.78. The molecule has 9 heteroatoms. The van der Waals surface area contributed by atoms with Gasteiger partial charge < -0.3 is 0 Å². The van der Waals surface area contributed by atoms with Gasteiger partial charge in [-0.05, 0) is 19.1 Å². The van der Waals surface area contributed by atoms with Gasteiger partial charge in [-0.2, -0.15) is 0 Å². The molecular weight excluding hydrogens is 419 g/mol. The van der Waals surface area contributed by atoms with Crippen LogP contribution in [0.3, 0.4) is 0 Å². The highest BCUT2D eigenvalue weighted by molar-refractivity contribution is 6.12. The number of carbonyl (C=O) groups excluding carboxylic acids is 2. The first-order chi connectivity index (χ1) is 14.7. The third kappa shape index (κ3) is 3.18. The Hall–Kier alpha value is -3.88. The molecule has 0 bridgehead atoms. The van der Waals surface area contributed by atoms with Gasteiger partial charge in [0.1, 0.15) is 11.9 Å². The molecule has 0 saturated heterocycles. The fourth-order valence-corrected chi connectivity index (χ4v) is 3.25. The summed E-state index contributed by atoms with van der Waals surface area (Å²) in [5, 5.41) is 0. The van der Waals surface area contributed by atoms with E-state index in [2.05, 4.69) is 4.98 Å². The summed E-state index contributed by atoms with van der Waals surface area (Å²) in [7, 11) is 0. The van der Waals surface area contributed by atoms with Crippen molar-refractivity contribution in [2.24, 2.45) is 0 Å². The molecule has 2 aromatic carbocycles. The van der Waals surface area contributed by atoms with E-state index in [0.717, 1.165) is 16.8 Å². The molecule has 0 saturated carbocycles. The molecule has 156 valence electrons. The van der Waals surface area contributed by atoms with Gasteiger partial charge in [0, 0.05) is 11.1 Å². The molecular formula is C22H11F5N2O2. The Kier molecular flexibility index (Phi) is 4.88. The van der Waals surface area contributed by atoms with Crippen LogP contribution in [0.15, 0.2) is 48.8 Å². The van der Waals surface area contributed by atoms with E-state index in [1.165, 1.54) is 13.0 Å². The van der Waals surface area contributed by atoms with Gasteiger partial charge in [0.25, 0.3) is 0 Å². The second-order valence-electron chi connectivity index (χ2n) is 6.67. The highest BCUT2D eigenvalue weighted by Gasteiger charge is 2.32. The lowest BCUT2D eigenvalue weighted by molar-refractivity contribution is 0.101. The summed E-state index contributed by atoms with van der Waals surface area (Å²) in [4.78, 5) is 29.1. The molecule has 0 amide bonds. The van der Waals surface area contributed by atoms with Crippen molar-refractivity contribution in [3.63, 3.8) is 0 Å². The van der Waals surface area contributed by atoms with E-state index in [1.54, 1.807) is 30.3 Å². The maximum absolute atomic E-state index is 14.2. The van der Waals surface area contributed by atoms with Crippen molar-refractivity contribution in [2.45, 2.75) is 6.92 Å². The number of fused-ring (bicyclic) bond motifs is 1. The van der Waals surface area contributed by atoms with E-state index >= 15 is 0 Å². The van der Waals surface area contributed by atoms with Crippen LogP contribution in [0, 0.1) is 29.1 Å². The molecule has 0 atom stereocenters. The SMILES string of the molecule is CC(=O)c1cc(C(=O)c2c(F)c(F)c(F)c(F)c2F)n2cnc(-c3ccccc3)cc12. The van der Waals surface area contributed by atoms with E-state index in [1.807, 2.05) is 0 Å². The van der Waals surface area contributed by atoms with Crippen LogP contribution in [0.25, 0.3) is 16.8 Å².